The Balaban J connectivity index is 1.40. The van der Waals surface area contributed by atoms with E-state index in [1.807, 2.05) is 19.1 Å². The van der Waals surface area contributed by atoms with E-state index in [9.17, 15) is 9.18 Å². The first-order valence-corrected chi connectivity index (χ1v) is 10.8. The molecule has 0 radical (unpaired) electrons. The van der Waals surface area contributed by atoms with Gasteiger partial charge in [0.15, 0.2) is 11.6 Å². The topological polar surface area (TPSA) is 69.3 Å². The molecule has 4 aromatic rings. The molecule has 0 unspecified atom stereocenters. The third kappa shape index (κ3) is 5.03. The molecule has 0 saturated carbocycles. The first-order chi connectivity index (χ1) is 15.4. The first kappa shape index (κ1) is 22.1. The highest BCUT2D eigenvalue weighted by Gasteiger charge is 2.16. The fraction of sp³-hybridized carbons (Fsp3) is 0.130. The van der Waals surface area contributed by atoms with Crippen molar-refractivity contribution in [1.82, 2.24) is 9.78 Å². The average molecular weight is 519 g/mol. The molecule has 6 nitrogen and oxygen atoms in total. The fourth-order valence-corrected chi connectivity index (χ4v) is 3.74. The Morgan fingerprint density at radius 3 is 2.81 bits per heavy atom. The van der Waals surface area contributed by atoms with Crippen molar-refractivity contribution in [2.75, 3.05) is 5.32 Å². The zero-order chi connectivity index (χ0) is 22.7. The van der Waals surface area contributed by atoms with Crippen LogP contribution in [0.2, 0.25) is 5.02 Å². The lowest BCUT2D eigenvalue weighted by Crippen LogP contribution is -2.12. The third-order valence-corrected chi connectivity index (χ3v) is 5.53. The summed E-state index contributed by atoms with van der Waals surface area (Å²) in [5, 5.41) is 7.49. The molecule has 1 amide bonds. The van der Waals surface area contributed by atoms with Gasteiger partial charge in [-0.2, -0.15) is 5.10 Å². The van der Waals surface area contributed by atoms with Crippen LogP contribution in [0.15, 0.2) is 69.7 Å². The van der Waals surface area contributed by atoms with Crippen molar-refractivity contribution in [3.05, 3.63) is 98.8 Å². The van der Waals surface area contributed by atoms with E-state index in [0.717, 1.165) is 5.56 Å². The van der Waals surface area contributed by atoms with Crippen LogP contribution in [0, 0.1) is 12.7 Å². The average Bonchev–Trinajstić information content (AvgIpc) is 3.36. The molecule has 0 bridgehead atoms. The van der Waals surface area contributed by atoms with E-state index in [2.05, 4.69) is 26.3 Å². The molecule has 2 heterocycles. The Hall–Kier alpha value is -3.10. The monoisotopic (exact) mass is 517 g/mol. The Morgan fingerprint density at radius 1 is 1.22 bits per heavy atom. The smallest absolute Gasteiger partial charge is 0.292 e. The van der Waals surface area contributed by atoms with Crippen molar-refractivity contribution in [3.8, 4) is 5.75 Å². The summed E-state index contributed by atoms with van der Waals surface area (Å²) in [6.07, 6.45) is 1.66. The predicted molar refractivity (Wildman–Crippen MR) is 123 cm³/mol. The van der Waals surface area contributed by atoms with E-state index in [1.54, 1.807) is 42.6 Å². The SMILES string of the molecule is Cc1cccc(Cl)c1OCc1ccc(C(=O)Nc2nn(Cc3ccccc3F)cc2Br)o1. The van der Waals surface area contributed by atoms with Gasteiger partial charge < -0.3 is 14.5 Å². The molecule has 0 atom stereocenters. The van der Waals surface area contributed by atoms with E-state index >= 15 is 0 Å². The maximum Gasteiger partial charge on any atom is 0.292 e. The number of ether oxygens (including phenoxy) is 1. The van der Waals surface area contributed by atoms with Crippen LogP contribution in [-0.4, -0.2) is 15.7 Å². The van der Waals surface area contributed by atoms with E-state index in [1.165, 1.54) is 10.7 Å². The van der Waals surface area contributed by atoms with Crippen LogP contribution >= 0.6 is 27.5 Å². The molecule has 164 valence electrons. The molecule has 0 saturated heterocycles. The number of amides is 1. The van der Waals surface area contributed by atoms with Crippen molar-refractivity contribution >= 4 is 39.3 Å². The summed E-state index contributed by atoms with van der Waals surface area (Å²) in [4.78, 5) is 12.6. The maximum atomic E-state index is 13.9. The molecule has 2 aromatic carbocycles. The molecule has 0 fully saturated rings. The van der Waals surface area contributed by atoms with Gasteiger partial charge >= 0.3 is 0 Å². The Bertz CT molecular complexity index is 1250. The number of hydrogen-bond acceptors (Lipinski definition) is 4. The number of rotatable bonds is 7. The molecule has 4 rings (SSSR count). The largest absolute Gasteiger partial charge is 0.484 e. The number of benzene rings is 2. The lowest BCUT2D eigenvalue weighted by atomic mass is 10.2. The van der Waals surface area contributed by atoms with Crippen LogP contribution in [0.1, 0.15) is 27.4 Å². The van der Waals surface area contributed by atoms with E-state index in [-0.39, 0.29) is 24.7 Å². The number of nitrogens with one attached hydrogen (secondary N) is 1. The highest BCUT2D eigenvalue weighted by molar-refractivity contribution is 9.10. The number of para-hydroxylation sites is 1. The molecule has 0 aliphatic heterocycles. The van der Waals surface area contributed by atoms with Crippen molar-refractivity contribution in [1.29, 1.82) is 0 Å². The van der Waals surface area contributed by atoms with Crippen LogP contribution in [0.4, 0.5) is 10.2 Å². The van der Waals surface area contributed by atoms with E-state index in [0.29, 0.717) is 32.4 Å². The summed E-state index contributed by atoms with van der Waals surface area (Å²) < 4.78 is 27.3. The molecule has 0 spiro atoms. The number of aromatic nitrogens is 2. The zero-order valence-corrected chi connectivity index (χ0v) is 19.3. The molecule has 32 heavy (non-hydrogen) atoms. The number of nitrogens with zero attached hydrogens (tertiary/aromatic N) is 2. The summed E-state index contributed by atoms with van der Waals surface area (Å²) in [6.45, 7) is 2.25. The number of hydrogen-bond donors (Lipinski definition) is 1. The number of halogens is 3. The highest BCUT2D eigenvalue weighted by Crippen LogP contribution is 2.29. The van der Waals surface area contributed by atoms with Gasteiger partial charge in [0.25, 0.3) is 5.91 Å². The summed E-state index contributed by atoms with van der Waals surface area (Å²) in [6, 6.07) is 15.1. The number of furan rings is 1. The van der Waals surface area contributed by atoms with Gasteiger partial charge in [0, 0.05) is 11.8 Å². The summed E-state index contributed by atoms with van der Waals surface area (Å²) in [5.74, 6) is 0.658. The highest BCUT2D eigenvalue weighted by atomic mass is 79.9. The van der Waals surface area contributed by atoms with Gasteiger partial charge in [0.1, 0.15) is 23.9 Å². The minimum atomic E-state index is -0.470. The quantitative estimate of drug-likeness (QED) is 0.315. The van der Waals surface area contributed by atoms with Crippen LogP contribution in [0.25, 0.3) is 0 Å². The molecular weight excluding hydrogens is 501 g/mol. The van der Waals surface area contributed by atoms with E-state index < -0.39 is 5.91 Å². The maximum absolute atomic E-state index is 13.9. The molecule has 2 aromatic heterocycles. The Kier molecular flexibility index (Phi) is 6.62. The lowest BCUT2D eigenvalue weighted by Gasteiger charge is -2.09. The number of anilines is 1. The van der Waals surface area contributed by atoms with Crippen molar-refractivity contribution < 1.29 is 18.3 Å². The van der Waals surface area contributed by atoms with Gasteiger partial charge in [-0.05, 0) is 52.7 Å². The van der Waals surface area contributed by atoms with Crippen LogP contribution < -0.4 is 10.1 Å². The number of carbonyl (C=O) groups is 1. The fourth-order valence-electron chi connectivity index (χ4n) is 3.05. The summed E-state index contributed by atoms with van der Waals surface area (Å²) >= 11 is 9.53. The van der Waals surface area contributed by atoms with Gasteiger partial charge in [-0.3, -0.25) is 9.48 Å². The minimum absolute atomic E-state index is 0.107. The van der Waals surface area contributed by atoms with E-state index in [4.69, 9.17) is 20.8 Å². The molecule has 0 aliphatic carbocycles. The van der Waals surface area contributed by atoms with Crippen molar-refractivity contribution in [3.63, 3.8) is 0 Å². The number of aryl methyl sites for hydroxylation is 1. The van der Waals surface area contributed by atoms with Crippen LogP contribution in [-0.2, 0) is 13.2 Å². The van der Waals surface area contributed by atoms with Crippen LogP contribution in [0.5, 0.6) is 5.75 Å². The van der Waals surface area contributed by atoms with Gasteiger partial charge in [-0.15, -0.1) is 0 Å². The van der Waals surface area contributed by atoms with Crippen molar-refractivity contribution in [2.45, 2.75) is 20.1 Å². The minimum Gasteiger partial charge on any atom is -0.484 e. The Morgan fingerprint density at radius 2 is 2.03 bits per heavy atom. The lowest BCUT2D eigenvalue weighted by molar-refractivity contribution is 0.0992. The van der Waals surface area contributed by atoms with Crippen molar-refractivity contribution in [2.24, 2.45) is 0 Å². The second kappa shape index (κ2) is 9.58. The number of carbonyl (C=O) groups excluding carboxylic acids is 1. The molecule has 1 N–H and O–H groups in total. The summed E-state index contributed by atoms with van der Waals surface area (Å²) in [7, 11) is 0. The molecule has 0 aliphatic rings. The second-order valence-corrected chi connectivity index (χ2v) is 8.27. The molecular formula is C23H18BrClFN3O3. The Labute approximate surface area is 197 Å². The van der Waals surface area contributed by atoms with Gasteiger partial charge in [0.05, 0.1) is 16.0 Å². The molecule has 9 heteroatoms. The third-order valence-electron chi connectivity index (χ3n) is 4.65. The zero-order valence-electron chi connectivity index (χ0n) is 16.9. The predicted octanol–water partition coefficient (Wildman–Crippen LogP) is 6.22. The first-order valence-electron chi connectivity index (χ1n) is 9.65. The normalized spacial score (nSPS) is 10.9. The second-order valence-electron chi connectivity index (χ2n) is 7.01. The van der Waals surface area contributed by atoms with Gasteiger partial charge in [-0.1, -0.05) is 41.9 Å². The standard InChI is InChI=1S/C23H18BrClFN3O3/c1-14-5-4-7-18(25)21(14)31-13-16-9-10-20(32-16)23(30)27-22-17(24)12-29(28-22)11-15-6-2-3-8-19(15)26/h2-10,12H,11,13H2,1H3,(H,27,28,30). The van der Waals surface area contributed by atoms with Gasteiger partial charge in [-0.25, -0.2) is 4.39 Å². The summed E-state index contributed by atoms with van der Waals surface area (Å²) in [5.41, 5.74) is 1.39. The van der Waals surface area contributed by atoms with Gasteiger partial charge in [0.2, 0.25) is 0 Å². The van der Waals surface area contributed by atoms with Crippen LogP contribution in [0.3, 0.4) is 0 Å².